The molecule has 0 aromatic carbocycles. The van der Waals surface area contributed by atoms with Crippen molar-refractivity contribution in [3.63, 3.8) is 0 Å². The molecule has 2 aromatic rings. The van der Waals surface area contributed by atoms with Crippen LogP contribution in [-0.2, 0) is 13.6 Å². The molecule has 0 aliphatic heterocycles. The molecular formula is C9H10N4O2. The van der Waals surface area contributed by atoms with E-state index in [2.05, 4.69) is 10.2 Å². The molecule has 0 spiro atoms. The summed E-state index contributed by atoms with van der Waals surface area (Å²) in [7, 11) is 1.83. The third-order valence-electron chi connectivity index (χ3n) is 1.96. The van der Waals surface area contributed by atoms with E-state index in [1.54, 1.807) is 21.8 Å². The minimum atomic E-state index is -1.01. The van der Waals surface area contributed by atoms with E-state index in [1.807, 2.05) is 13.2 Å². The van der Waals surface area contributed by atoms with Gasteiger partial charge >= 0.3 is 5.97 Å². The zero-order valence-corrected chi connectivity index (χ0v) is 8.16. The molecular weight excluding hydrogens is 196 g/mol. The molecule has 0 saturated heterocycles. The fourth-order valence-corrected chi connectivity index (χ4v) is 1.30. The largest absolute Gasteiger partial charge is 0.476 e. The van der Waals surface area contributed by atoms with Gasteiger partial charge in [0.2, 0.25) is 0 Å². The van der Waals surface area contributed by atoms with Crippen molar-refractivity contribution in [3.05, 3.63) is 35.9 Å². The van der Waals surface area contributed by atoms with E-state index < -0.39 is 5.97 Å². The Kier molecular flexibility index (Phi) is 2.24. The predicted molar refractivity (Wildman–Crippen MR) is 51.5 cm³/mol. The first-order chi connectivity index (χ1) is 7.15. The molecule has 0 atom stereocenters. The normalized spacial score (nSPS) is 10.5. The number of carbonyl (C=O) groups is 1. The zero-order valence-electron chi connectivity index (χ0n) is 8.16. The van der Waals surface area contributed by atoms with Crippen LogP contribution in [-0.4, -0.2) is 30.6 Å². The van der Waals surface area contributed by atoms with E-state index in [-0.39, 0.29) is 5.69 Å². The lowest BCUT2D eigenvalue weighted by Gasteiger charge is -1.96. The summed E-state index contributed by atoms with van der Waals surface area (Å²) in [6, 6.07) is 1.47. The third-order valence-corrected chi connectivity index (χ3v) is 1.96. The second-order valence-electron chi connectivity index (χ2n) is 3.23. The van der Waals surface area contributed by atoms with Crippen molar-refractivity contribution < 1.29 is 9.90 Å². The second kappa shape index (κ2) is 3.56. The quantitative estimate of drug-likeness (QED) is 0.787. The Morgan fingerprint density at radius 3 is 2.93 bits per heavy atom. The number of aromatic carboxylic acids is 1. The number of aromatic nitrogens is 4. The molecule has 0 unspecified atom stereocenters. The van der Waals surface area contributed by atoms with E-state index in [1.165, 1.54) is 6.07 Å². The predicted octanol–water partition coefficient (Wildman–Crippen LogP) is 0.363. The van der Waals surface area contributed by atoms with E-state index in [4.69, 9.17) is 5.11 Å². The maximum Gasteiger partial charge on any atom is 0.356 e. The summed E-state index contributed by atoms with van der Waals surface area (Å²) in [5, 5.41) is 16.6. The van der Waals surface area contributed by atoms with Crippen LogP contribution in [0.3, 0.4) is 0 Å². The van der Waals surface area contributed by atoms with Gasteiger partial charge < -0.3 is 5.11 Å². The lowest BCUT2D eigenvalue weighted by atomic mass is 10.4. The summed E-state index contributed by atoms with van der Waals surface area (Å²) in [5.74, 6) is -1.01. The van der Waals surface area contributed by atoms with Gasteiger partial charge in [-0.2, -0.15) is 10.2 Å². The van der Waals surface area contributed by atoms with Gasteiger partial charge in [0.25, 0.3) is 0 Å². The summed E-state index contributed by atoms with van der Waals surface area (Å²) in [4.78, 5) is 10.6. The van der Waals surface area contributed by atoms with Gasteiger partial charge in [0, 0.05) is 25.0 Å². The SMILES string of the molecule is Cn1cc(Cn2ccc(C(=O)O)n2)cn1. The lowest BCUT2D eigenvalue weighted by Crippen LogP contribution is -2.03. The Morgan fingerprint density at radius 1 is 1.60 bits per heavy atom. The number of rotatable bonds is 3. The molecule has 0 bridgehead atoms. The molecule has 0 saturated carbocycles. The number of hydrogen-bond donors (Lipinski definition) is 1. The molecule has 6 nitrogen and oxygen atoms in total. The van der Waals surface area contributed by atoms with Crippen LogP contribution in [0.4, 0.5) is 0 Å². The fourth-order valence-electron chi connectivity index (χ4n) is 1.30. The van der Waals surface area contributed by atoms with Crippen LogP contribution in [0.15, 0.2) is 24.7 Å². The fraction of sp³-hybridized carbons (Fsp3) is 0.222. The number of aryl methyl sites for hydroxylation is 1. The Morgan fingerprint density at radius 2 is 2.40 bits per heavy atom. The third kappa shape index (κ3) is 2.04. The van der Waals surface area contributed by atoms with E-state index >= 15 is 0 Å². The van der Waals surface area contributed by atoms with Gasteiger partial charge in [-0.05, 0) is 6.07 Å². The summed E-state index contributed by atoms with van der Waals surface area (Å²) >= 11 is 0. The standard InChI is InChI=1S/C9H10N4O2/c1-12-5-7(4-10-12)6-13-3-2-8(11-13)9(14)15/h2-5H,6H2,1H3,(H,14,15). The van der Waals surface area contributed by atoms with Gasteiger partial charge in [-0.25, -0.2) is 4.79 Å². The molecule has 6 heteroatoms. The first-order valence-electron chi connectivity index (χ1n) is 4.39. The van der Waals surface area contributed by atoms with Crippen LogP contribution in [0.2, 0.25) is 0 Å². The first-order valence-corrected chi connectivity index (χ1v) is 4.39. The van der Waals surface area contributed by atoms with Gasteiger partial charge in [0.15, 0.2) is 5.69 Å². The number of nitrogens with zero attached hydrogens (tertiary/aromatic N) is 4. The smallest absolute Gasteiger partial charge is 0.356 e. The Bertz CT molecular complexity index is 486. The van der Waals surface area contributed by atoms with Crippen LogP contribution >= 0.6 is 0 Å². The Hall–Kier alpha value is -2.11. The van der Waals surface area contributed by atoms with Gasteiger partial charge in [0.1, 0.15) is 0 Å². The molecule has 0 radical (unpaired) electrons. The summed E-state index contributed by atoms with van der Waals surface area (Å²) < 4.78 is 3.26. The molecule has 0 amide bonds. The lowest BCUT2D eigenvalue weighted by molar-refractivity contribution is 0.0689. The molecule has 2 heterocycles. The molecule has 0 aliphatic rings. The maximum atomic E-state index is 10.6. The zero-order chi connectivity index (χ0) is 10.8. The van der Waals surface area contributed by atoms with Crippen LogP contribution in [0.25, 0.3) is 0 Å². The minimum Gasteiger partial charge on any atom is -0.476 e. The van der Waals surface area contributed by atoms with Crippen molar-refractivity contribution in [3.8, 4) is 0 Å². The van der Waals surface area contributed by atoms with E-state index in [0.717, 1.165) is 5.56 Å². The first kappa shape index (κ1) is 9.45. The highest BCUT2D eigenvalue weighted by molar-refractivity contribution is 5.85. The van der Waals surface area contributed by atoms with Crippen molar-refractivity contribution in [1.29, 1.82) is 0 Å². The van der Waals surface area contributed by atoms with Gasteiger partial charge in [-0.15, -0.1) is 0 Å². The maximum absolute atomic E-state index is 10.6. The number of carboxylic acids is 1. The van der Waals surface area contributed by atoms with E-state index in [0.29, 0.717) is 6.54 Å². The topological polar surface area (TPSA) is 72.9 Å². The molecule has 0 fully saturated rings. The molecule has 0 aliphatic carbocycles. The van der Waals surface area contributed by atoms with Gasteiger partial charge in [-0.1, -0.05) is 0 Å². The summed E-state index contributed by atoms with van der Waals surface area (Å²) in [6.45, 7) is 0.529. The van der Waals surface area contributed by atoms with Crippen molar-refractivity contribution in [2.75, 3.05) is 0 Å². The molecule has 78 valence electrons. The summed E-state index contributed by atoms with van der Waals surface area (Å²) in [6.07, 6.45) is 5.22. The number of carboxylic acid groups (broad SMARTS) is 1. The monoisotopic (exact) mass is 206 g/mol. The minimum absolute atomic E-state index is 0.0545. The molecule has 2 rings (SSSR count). The average Bonchev–Trinajstić information content (AvgIpc) is 2.76. The highest BCUT2D eigenvalue weighted by atomic mass is 16.4. The van der Waals surface area contributed by atoms with Crippen molar-refractivity contribution >= 4 is 5.97 Å². The summed E-state index contributed by atoms with van der Waals surface area (Å²) in [5.41, 5.74) is 1.04. The van der Waals surface area contributed by atoms with Gasteiger partial charge in [-0.3, -0.25) is 9.36 Å². The van der Waals surface area contributed by atoms with Crippen LogP contribution in [0.5, 0.6) is 0 Å². The Balaban J connectivity index is 2.14. The Labute approximate surface area is 85.8 Å². The van der Waals surface area contributed by atoms with Crippen molar-refractivity contribution in [2.24, 2.45) is 7.05 Å². The van der Waals surface area contributed by atoms with Crippen molar-refractivity contribution in [2.45, 2.75) is 6.54 Å². The van der Waals surface area contributed by atoms with Crippen molar-refractivity contribution in [1.82, 2.24) is 19.6 Å². The van der Waals surface area contributed by atoms with E-state index in [9.17, 15) is 4.79 Å². The van der Waals surface area contributed by atoms with Gasteiger partial charge in [0.05, 0.1) is 12.7 Å². The highest BCUT2D eigenvalue weighted by Gasteiger charge is 2.06. The molecule has 2 aromatic heterocycles. The molecule has 15 heavy (non-hydrogen) atoms. The number of hydrogen-bond acceptors (Lipinski definition) is 3. The van der Waals surface area contributed by atoms with Crippen LogP contribution in [0, 0.1) is 0 Å². The molecule has 1 N–H and O–H groups in total. The highest BCUT2D eigenvalue weighted by Crippen LogP contribution is 2.01. The average molecular weight is 206 g/mol. The second-order valence-corrected chi connectivity index (χ2v) is 3.23. The van der Waals surface area contributed by atoms with Crippen LogP contribution in [0.1, 0.15) is 16.1 Å². The van der Waals surface area contributed by atoms with Crippen LogP contribution < -0.4 is 0 Å².